The van der Waals surface area contributed by atoms with Crippen molar-refractivity contribution in [1.29, 1.82) is 0 Å². The molecule has 4 aromatic carbocycles. The highest BCUT2D eigenvalue weighted by Crippen LogP contribution is 2.32. The lowest BCUT2D eigenvalue weighted by molar-refractivity contribution is -0.138. The SMILES string of the molecule is CC(c1ccc(-c2ccc(F)cc2)cc1)n1c(=O)n(C2CCN(C(=O)C3CCN(Cc4ccnc(N(C=O)C(=O)c5ccccc5)c4)CC3)CC2)c2ccc(F)cc21. The average Bonchev–Trinajstić information content (AvgIpc) is 3.54. The van der Waals surface area contributed by atoms with Gasteiger partial charge in [0, 0.05) is 43.4 Å². The van der Waals surface area contributed by atoms with Gasteiger partial charge < -0.3 is 4.90 Å². The number of amides is 3. The molecule has 1 unspecified atom stereocenters. The summed E-state index contributed by atoms with van der Waals surface area (Å²) in [5.41, 5.74) is 4.97. The molecule has 10 nitrogen and oxygen atoms in total. The maximum absolute atomic E-state index is 14.7. The molecule has 0 saturated carbocycles. The van der Waals surface area contributed by atoms with Gasteiger partial charge in [0.05, 0.1) is 17.1 Å². The van der Waals surface area contributed by atoms with E-state index >= 15 is 0 Å². The second kappa shape index (κ2) is 16.7. The molecule has 0 radical (unpaired) electrons. The lowest BCUT2D eigenvalue weighted by Crippen LogP contribution is -2.46. The highest BCUT2D eigenvalue weighted by molar-refractivity contribution is 6.14. The van der Waals surface area contributed by atoms with Crippen LogP contribution in [0.4, 0.5) is 14.6 Å². The Morgan fingerprint density at radius 2 is 1.45 bits per heavy atom. The van der Waals surface area contributed by atoms with Gasteiger partial charge in [-0.2, -0.15) is 0 Å². The number of halogens is 2. The van der Waals surface area contributed by atoms with Crippen LogP contribution in [0.25, 0.3) is 22.2 Å². The van der Waals surface area contributed by atoms with Crippen molar-refractivity contribution in [3.05, 3.63) is 154 Å². The number of imidazole rings is 1. The monoisotopic (exact) mass is 782 g/mol. The van der Waals surface area contributed by atoms with Crippen LogP contribution in [0.15, 0.2) is 120 Å². The van der Waals surface area contributed by atoms with E-state index in [2.05, 4.69) is 9.88 Å². The number of hydrogen-bond donors (Lipinski definition) is 0. The van der Waals surface area contributed by atoms with E-state index in [9.17, 15) is 28.0 Å². The predicted octanol–water partition coefficient (Wildman–Crippen LogP) is 7.63. The molecule has 296 valence electrons. The summed E-state index contributed by atoms with van der Waals surface area (Å²) in [7, 11) is 0. The average molecular weight is 783 g/mol. The van der Waals surface area contributed by atoms with Gasteiger partial charge in [-0.05, 0) is 123 Å². The van der Waals surface area contributed by atoms with E-state index in [1.54, 1.807) is 69.9 Å². The maximum Gasteiger partial charge on any atom is 0.329 e. The number of nitrogens with zero attached hydrogens (tertiary/aromatic N) is 6. The first kappa shape index (κ1) is 38.6. The van der Waals surface area contributed by atoms with Gasteiger partial charge in [-0.25, -0.2) is 23.5 Å². The zero-order valence-corrected chi connectivity index (χ0v) is 32.2. The smallest absolute Gasteiger partial charge is 0.329 e. The molecule has 2 aliphatic rings. The molecule has 0 aliphatic carbocycles. The summed E-state index contributed by atoms with van der Waals surface area (Å²) in [4.78, 5) is 62.4. The minimum atomic E-state index is -0.449. The third-order valence-electron chi connectivity index (χ3n) is 11.7. The molecule has 1 atom stereocenters. The van der Waals surface area contributed by atoms with Gasteiger partial charge in [0.1, 0.15) is 17.5 Å². The Labute approximate surface area is 334 Å². The topological polar surface area (TPSA) is 101 Å². The van der Waals surface area contributed by atoms with E-state index in [0.29, 0.717) is 68.3 Å². The summed E-state index contributed by atoms with van der Waals surface area (Å²) in [6.07, 6.45) is 4.73. The Bertz CT molecular complexity index is 2490. The molecule has 0 bridgehead atoms. The first-order valence-corrected chi connectivity index (χ1v) is 19.8. The Hall–Kier alpha value is -6.27. The highest BCUT2D eigenvalue weighted by Gasteiger charge is 2.33. The first-order chi connectivity index (χ1) is 28.2. The van der Waals surface area contributed by atoms with Gasteiger partial charge in [-0.3, -0.25) is 28.4 Å². The first-order valence-electron chi connectivity index (χ1n) is 19.8. The largest absolute Gasteiger partial charge is 0.342 e. The van der Waals surface area contributed by atoms with Crippen LogP contribution in [0.1, 0.15) is 66.2 Å². The zero-order chi connectivity index (χ0) is 40.3. The standard InChI is InChI=1S/C46H44F2N6O4/c1-31(33-7-9-34(10-8-33)35-11-13-38(47)14-12-35)53-42-28-39(48)15-16-41(42)54(46(53)58)40-20-25-51(26-21-40)44(56)37-18-23-50(24-19-37)29-32-17-22-49-43(27-32)52(30-55)45(57)36-5-3-2-4-6-36/h2-17,22,27-28,30-31,37,40H,18-21,23-26,29H2,1H3. The number of imide groups is 1. The molecule has 12 heteroatoms. The molecule has 0 N–H and O–H groups in total. The van der Waals surface area contributed by atoms with E-state index in [4.69, 9.17) is 0 Å². The number of rotatable bonds is 10. The minimum absolute atomic E-state index is 0.0993. The summed E-state index contributed by atoms with van der Waals surface area (Å²) >= 11 is 0. The molecule has 3 amide bonds. The third-order valence-corrected chi connectivity index (χ3v) is 11.7. The van der Waals surface area contributed by atoms with E-state index in [1.165, 1.54) is 24.3 Å². The number of benzene rings is 4. The van der Waals surface area contributed by atoms with Crippen LogP contribution in [-0.2, 0) is 16.1 Å². The molecule has 2 aliphatic heterocycles. The van der Waals surface area contributed by atoms with Crippen molar-refractivity contribution in [3.8, 4) is 11.1 Å². The van der Waals surface area contributed by atoms with Crippen molar-refractivity contribution in [3.63, 3.8) is 0 Å². The number of fused-ring (bicyclic) bond motifs is 1. The van der Waals surface area contributed by atoms with Crippen LogP contribution in [0.5, 0.6) is 0 Å². The van der Waals surface area contributed by atoms with E-state index in [1.807, 2.05) is 42.2 Å². The Morgan fingerprint density at radius 1 is 0.793 bits per heavy atom. The van der Waals surface area contributed by atoms with E-state index < -0.39 is 11.7 Å². The Morgan fingerprint density at radius 3 is 2.12 bits per heavy atom. The van der Waals surface area contributed by atoms with Crippen LogP contribution in [0, 0.1) is 17.6 Å². The van der Waals surface area contributed by atoms with Crippen LogP contribution in [0.2, 0.25) is 0 Å². The second-order valence-electron chi connectivity index (χ2n) is 15.2. The summed E-state index contributed by atoms with van der Waals surface area (Å²) in [5.74, 6) is -0.870. The Balaban J connectivity index is 0.894. The molecule has 6 aromatic rings. The van der Waals surface area contributed by atoms with Crippen LogP contribution < -0.4 is 10.6 Å². The lowest BCUT2D eigenvalue weighted by atomic mass is 9.93. The third kappa shape index (κ3) is 7.84. The number of carbonyl (C=O) groups excluding carboxylic acids is 3. The van der Waals surface area contributed by atoms with Crippen LogP contribution >= 0.6 is 0 Å². The van der Waals surface area contributed by atoms with Crippen molar-refractivity contribution in [2.24, 2.45) is 5.92 Å². The van der Waals surface area contributed by atoms with Gasteiger partial charge in [0.2, 0.25) is 12.3 Å². The van der Waals surface area contributed by atoms with Gasteiger partial charge in [-0.1, -0.05) is 54.6 Å². The number of pyridine rings is 1. The summed E-state index contributed by atoms with van der Waals surface area (Å²) < 4.78 is 31.6. The fourth-order valence-electron chi connectivity index (χ4n) is 8.50. The van der Waals surface area contributed by atoms with Gasteiger partial charge in [0.25, 0.3) is 5.91 Å². The van der Waals surface area contributed by atoms with E-state index in [0.717, 1.165) is 40.2 Å². The van der Waals surface area contributed by atoms with Crippen molar-refractivity contribution in [1.82, 2.24) is 23.9 Å². The quantitative estimate of drug-likeness (QED) is 0.133. The molecule has 8 rings (SSSR count). The lowest BCUT2D eigenvalue weighted by Gasteiger charge is -2.37. The van der Waals surface area contributed by atoms with Crippen molar-refractivity contribution >= 4 is 35.1 Å². The highest BCUT2D eigenvalue weighted by atomic mass is 19.1. The molecule has 2 aromatic heterocycles. The number of likely N-dealkylation sites (tertiary alicyclic amines) is 2. The van der Waals surface area contributed by atoms with Crippen molar-refractivity contribution < 1.29 is 23.2 Å². The predicted molar refractivity (Wildman–Crippen MR) is 218 cm³/mol. The zero-order valence-electron chi connectivity index (χ0n) is 32.2. The summed E-state index contributed by atoms with van der Waals surface area (Å²) in [6.45, 7) is 5.03. The normalized spacial score (nSPS) is 16.0. The van der Waals surface area contributed by atoms with Crippen LogP contribution in [-0.4, -0.2) is 68.3 Å². The fourth-order valence-corrected chi connectivity index (χ4v) is 8.50. The minimum Gasteiger partial charge on any atom is -0.342 e. The Kier molecular flexibility index (Phi) is 11.1. The summed E-state index contributed by atoms with van der Waals surface area (Å²) in [6, 6.07) is 30.2. The van der Waals surface area contributed by atoms with Crippen LogP contribution in [0.3, 0.4) is 0 Å². The van der Waals surface area contributed by atoms with Crippen molar-refractivity contribution in [2.75, 3.05) is 31.1 Å². The molecule has 4 heterocycles. The van der Waals surface area contributed by atoms with E-state index in [-0.39, 0.29) is 41.2 Å². The summed E-state index contributed by atoms with van der Waals surface area (Å²) in [5, 5.41) is 0. The molecule has 58 heavy (non-hydrogen) atoms. The second-order valence-corrected chi connectivity index (χ2v) is 15.2. The number of hydrogen-bond acceptors (Lipinski definition) is 6. The molecule has 0 spiro atoms. The maximum atomic E-state index is 14.7. The number of piperidine rings is 2. The number of carbonyl (C=O) groups is 3. The number of anilines is 1. The molecule has 2 saturated heterocycles. The molecule has 2 fully saturated rings. The van der Waals surface area contributed by atoms with Gasteiger partial charge in [-0.15, -0.1) is 0 Å². The number of aromatic nitrogens is 3. The van der Waals surface area contributed by atoms with Crippen molar-refractivity contribution in [2.45, 2.75) is 51.2 Å². The molecular weight excluding hydrogens is 739 g/mol. The van der Waals surface area contributed by atoms with Gasteiger partial charge >= 0.3 is 5.69 Å². The fraction of sp³-hybridized carbons (Fsp3) is 0.283. The van der Waals surface area contributed by atoms with Gasteiger partial charge in [0.15, 0.2) is 0 Å². The molecular formula is C46H44F2N6O4.